The summed E-state index contributed by atoms with van der Waals surface area (Å²) in [7, 11) is 0. The molecule has 0 aliphatic carbocycles. The first-order chi connectivity index (χ1) is 6.86. The molecule has 82 valence electrons. The highest BCUT2D eigenvalue weighted by Crippen LogP contribution is 2.25. The Morgan fingerprint density at radius 1 is 1.21 bits per heavy atom. The van der Waals surface area contributed by atoms with Crippen LogP contribution in [0, 0.1) is 5.92 Å². The third-order valence-corrected chi connectivity index (χ3v) is 3.48. The zero-order chi connectivity index (χ0) is 9.80. The second-order valence-corrected chi connectivity index (χ2v) is 4.61. The number of nitrogens with one attached hydrogen (secondary N) is 1. The lowest BCUT2D eigenvalue weighted by atomic mass is 9.93. The molecule has 3 nitrogen and oxygen atoms in total. The molecule has 0 aromatic carbocycles. The molecule has 0 amide bonds. The van der Waals surface area contributed by atoms with Crippen molar-refractivity contribution in [3.63, 3.8) is 0 Å². The van der Waals surface area contributed by atoms with Crippen molar-refractivity contribution >= 4 is 0 Å². The Labute approximate surface area is 86.4 Å². The summed E-state index contributed by atoms with van der Waals surface area (Å²) in [6.45, 7) is 2.04. The monoisotopic (exact) mass is 198 g/mol. The van der Waals surface area contributed by atoms with Crippen LogP contribution in [0.4, 0.5) is 0 Å². The fourth-order valence-electron chi connectivity index (χ4n) is 2.58. The van der Waals surface area contributed by atoms with Crippen LogP contribution in [0.25, 0.3) is 0 Å². The molecule has 3 heteroatoms. The molecule has 2 aliphatic rings. The first-order valence-corrected chi connectivity index (χ1v) is 5.97. The van der Waals surface area contributed by atoms with Crippen LogP contribution >= 0.6 is 0 Å². The normalized spacial score (nSPS) is 39.6. The Kier molecular flexibility index (Phi) is 3.79. The van der Waals surface area contributed by atoms with Gasteiger partial charge in [0.1, 0.15) is 0 Å². The Bertz CT molecular complexity index is 169. The SMILES string of the molecule is NC1NCCCCC1CC1CCCO1. The molecule has 0 bridgehead atoms. The van der Waals surface area contributed by atoms with E-state index in [2.05, 4.69) is 5.32 Å². The van der Waals surface area contributed by atoms with Crippen LogP contribution < -0.4 is 11.1 Å². The van der Waals surface area contributed by atoms with Crippen molar-refractivity contribution in [2.45, 2.75) is 50.8 Å². The summed E-state index contributed by atoms with van der Waals surface area (Å²) >= 11 is 0. The molecular weight excluding hydrogens is 176 g/mol. The van der Waals surface area contributed by atoms with E-state index in [0.717, 1.165) is 19.6 Å². The summed E-state index contributed by atoms with van der Waals surface area (Å²) in [6, 6.07) is 0. The van der Waals surface area contributed by atoms with Crippen LogP contribution in [-0.4, -0.2) is 25.4 Å². The maximum Gasteiger partial charge on any atom is 0.0579 e. The molecule has 3 unspecified atom stereocenters. The first-order valence-electron chi connectivity index (χ1n) is 5.97. The van der Waals surface area contributed by atoms with Crippen LogP contribution in [0.3, 0.4) is 0 Å². The zero-order valence-electron chi connectivity index (χ0n) is 8.87. The van der Waals surface area contributed by atoms with Gasteiger partial charge in [0, 0.05) is 6.61 Å². The van der Waals surface area contributed by atoms with Crippen LogP contribution in [-0.2, 0) is 4.74 Å². The molecule has 0 spiro atoms. The van der Waals surface area contributed by atoms with E-state index in [1.165, 1.54) is 32.1 Å². The summed E-state index contributed by atoms with van der Waals surface area (Å²) in [5.74, 6) is 0.626. The third kappa shape index (κ3) is 2.69. The molecule has 2 aliphatic heterocycles. The summed E-state index contributed by atoms with van der Waals surface area (Å²) in [6.07, 6.45) is 8.19. The molecule has 14 heavy (non-hydrogen) atoms. The van der Waals surface area contributed by atoms with Crippen molar-refractivity contribution < 1.29 is 4.74 Å². The lowest BCUT2D eigenvalue weighted by molar-refractivity contribution is 0.0827. The highest BCUT2D eigenvalue weighted by molar-refractivity contribution is 4.79. The predicted molar refractivity (Wildman–Crippen MR) is 56.9 cm³/mol. The van der Waals surface area contributed by atoms with Gasteiger partial charge in [-0.15, -0.1) is 0 Å². The van der Waals surface area contributed by atoms with E-state index < -0.39 is 0 Å². The van der Waals surface area contributed by atoms with Gasteiger partial charge in [0.15, 0.2) is 0 Å². The largest absolute Gasteiger partial charge is 0.378 e. The van der Waals surface area contributed by atoms with Gasteiger partial charge in [-0.2, -0.15) is 0 Å². The molecule has 0 aromatic heterocycles. The van der Waals surface area contributed by atoms with E-state index in [-0.39, 0.29) is 6.17 Å². The molecule has 3 atom stereocenters. The van der Waals surface area contributed by atoms with Crippen molar-refractivity contribution in [2.75, 3.05) is 13.2 Å². The fraction of sp³-hybridized carbons (Fsp3) is 1.00. The molecule has 2 heterocycles. The second kappa shape index (κ2) is 5.10. The van der Waals surface area contributed by atoms with Crippen molar-refractivity contribution in [3.8, 4) is 0 Å². The van der Waals surface area contributed by atoms with Gasteiger partial charge in [-0.25, -0.2) is 0 Å². The van der Waals surface area contributed by atoms with Crippen molar-refractivity contribution in [3.05, 3.63) is 0 Å². The van der Waals surface area contributed by atoms with Crippen molar-refractivity contribution in [1.82, 2.24) is 5.32 Å². The molecule has 0 saturated carbocycles. The van der Waals surface area contributed by atoms with E-state index in [1.807, 2.05) is 0 Å². The Morgan fingerprint density at radius 3 is 2.93 bits per heavy atom. The maximum absolute atomic E-state index is 6.09. The fourth-order valence-corrected chi connectivity index (χ4v) is 2.58. The smallest absolute Gasteiger partial charge is 0.0579 e. The topological polar surface area (TPSA) is 47.3 Å². The minimum absolute atomic E-state index is 0.196. The summed E-state index contributed by atoms with van der Waals surface area (Å²) < 4.78 is 5.66. The Hall–Kier alpha value is -0.120. The summed E-state index contributed by atoms with van der Waals surface area (Å²) in [5, 5.41) is 3.39. The van der Waals surface area contributed by atoms with Crippen LogP contribution in [0.2, 0.25) is 0 Å². The zero-order valence-corrected chi connectivity index (χ0v) is 8.87. The van der Waals surface area contributed by atoms with Crippen LogP contribution in [0.1, 0.15) is 38.5 Å². The summed E-state index contributed by atoms with van der Waals surface area (Å²) in [5.41, 5.74) is 6.09. The molecular formula is C11H22N2O. The lowest BCUT2D eigenvalue weighted by Gasteiger charge is -2.24. The number of ether oxygens (including phenoxy) is 1. The van der Waals surface area contributed by atoms with Gasteiger partial charge in [0.2, 0.25) is 0 Å². The second-order valence-electron chi connectivity index (χ2n) is 4.61. The Balaban J connectivity index is 1.81. The lowest BCUT2D eigenvalue weighted by Crippen LogP contribution is -2.43. The maximum atomic E-state index is 6.09. The van der Waals surface area contributed by atoms with Crippen LogP contribution in [0.5, 0.6) is 0 Å². The number of rotatable bonds is 2. The molecule has 0 aromatic rings. The van der Waals surface area contributed by atoms with Crippen molar-refractivity contribution in [1.29, 1.82) is 0 Å². The average molecular weight is 198 g/mol. The van der Waals surface area contributed by atoms with E-state index in [0.29, 0.717) is 12.0 Å². The van der Waals surface area contributed by atoms with E-state index >= 15 is 0 Å². The van der Waals surface area contributed by atoms with Gasteiger partial charge in [0.25, 0.3) is 0 Å². The average Bonchev–Trinajstić information content (AvgIpc) is 2.60. The highest BCUT2D eigenvalue weighted by atomic mass is 16.5. The molecule has 0 radical (unpaired) electrons. The molecule has 2 saturated heterocycles. The quantitative estimate of drug-likeness (QED) is 0.701. The van der Waals surface area contributed by atoms with Gasteiger partial charge in [-0.05, 0) is 44.6 Å². The third-order valence-electron chi connectivity index (χ3n) is 3.48. The molecule has 2 rings (SSSR count). The molecule has 3 N–H and O–H groups in total. The van der Waals surface area contributed by atoms with Gasteiger partial charge in [-0.3, -0.25) is 0 Å². The predicted octanol–water partition coefficient (Wildman–Crippen LogP) is 1.23. The number of nitrogens with two attached hydrogens (primary N) is 1. The standard InChI is InChI=1S/C11H22N2O/c12-11-9(4-1-2-6-13-11)8-10-5-3-7-14-10/h9-11,13H,1-8,12H2. The minimum Gasteiger partial charge on any atom is -0.378 e. The van der Waals surface area contributed by atoms with E-state index in [1.54, 1.807) is 0 Å². The van der Waals surface area contributed by atoms with Crippen LogP contribution in [0.15, 0.2) is 0 Å². The van der Waals surface area contributed by atoms with E-state index in [4.69, 9.17) is 10.5 Å². The number of hydrogen-bond donors (Lipinski definition) is 2. The first kappa shape index (κ1) is 10.4. The molecule has 2 fully saturated rings. The summed E-state index contributed by atoms with van der Waals surface area (Å²) in [4.78, 5) is 0. The van der Waals surface area contributed by atoms with Gasteiger partial charge in [0.05, 0.1) is 12.3 Å². The number of hydrogen-bond acceptors (Lipinski definition) is 3. The van der Waals surface area contributed by atoms with E-state index in [9.17, 15) is 0 Å². The van der Waals surface area contributed by atoms with Crippen molar-refractivity contribution in [2.24, 2.45) is 11.7 Å². The minimum atomic E-state index is 0.196. The van der Waals surface area contributed by atoms with Gasteiger partial charge in [-0.1, -0.05) is 6.42 Å². The van der Waals surface area contributed by atoms with Gasteiger partial charge < -0.3 is 15.8 Å². The Morgan fingerprint density at radius 2 is 2.14 bits per heavy atom. The highest BCUT2D eigenvalue weighted by Gasteiger charge is 2.25. The van der Waals surface area contributed by atoms with Gasteiger partial charge >= 0.3 is 0 Å².